The first kappa shape index (κ1) is 24.5. The fourth-order valence-electron chi connectivity index (χ4n) is 6.64. The SMILES string of the molecule is CCOC(=O)N[C@@H]1CC[C@H]2[C@@H](C1)C[C@@H]1C(=O)O[C@H](C)[C@@H]1[C@@H]2/C=C/c1ccc(-c2cccc(F)c2)cn1. The molecule has 2 saturated carbocycles. The fraction of sp³-hybridized carbons (Fsp3) is 0.483. The summed E-state index contributed by atoms with van der Waals surface area (Å²) in [4.78, 5) is 29.2. The Morgan fingerprint density at radius 2 is 2.08 bits per heavy atom. The number of cyclic esters (lactones) is 1. The maximum absolute atomic E-state index is 13.6. The minimum absolute atomic E-state index is 0.0679. The van der Waals surface area contributed by atoms with Gasteiger partial charge in [0.1, 0.15) is 11.9 Å². The van der Waals surface area contributed by atoms with E-state index in [4.69, 9.17) is 9.47 Å². The Balaban J connectivity index is 1.34. The Hall–Kier alpha value is -3.22. The third kappa shape index (κ3) is 5.01. The Morgan fingerprint density at radius 3 is 2.83 bits per heavy atom. The third-order valence-electron chi connectivity index (χ3n) is 8.18. The van der Waals surface area contributed by atoms with E-state index in [1.165, 1.54) is 12.1 Å². The summed E-state index contributed by atoms with van der Waals surface area (Å²) in [6, 6.07) is 10.4. The zero-order valence-electron chi connectivity index (χ0n) is 20.7. The minimum Gasteiger partial charge on any atom is -0.462 e. The molecule has 36 heavy (non-hydrogen) atoms. The maximum atomic E-state index is 13.6. The highest BCUT2D eigenvalue weighted by atomic mass is 19.1. The second-order valence-corrected chi connectivity index (χ2v) is 10.3. The van der Waals surface area contributed by atoms with Gasteiger partial charge in [-0.2, -0.15) is 0 Å². The van der Waals surface area contributed by atoms with Crippen molar-refractivity contribution in [1.29, 1.82) is 0 Å². The summed E-state index contributed by atoms with van der Waals surface area (Å²) in [5.74, 6) is 0.629. The number of hydrogen-bond acceptors (Lipinski definition) is 5. The molecule has 0 radical (unpaired) electrons. The van der Waals surface area contributed by atoms with Crippen molar-refractivity contribution in [2.45, 2.75) is 51.7 Å². The lowest BCUT2D eigenvalue weighted by Gasteiger charge is -2.47. The molecular formula is C29H33FN2O4. The molecule has 1 aromatic heterocycles. The predicted octanol–water partition coefficient (Wildman–Crippen LogP) is 5.63. The summed E-state index contributed by atoms with van der Waals surface area (Å²) < 4.78 is 24.3. The van der Waals surface area contributed by atoms with E-state index >= 15 is 0 Å². The summed E-state index contributed by atoms with van der Waals surface area (Å²) in [7, 11) is 0. The quantitative estimate of drug-likeness (QED) is 0.548. The van der Waals surface area contributed by atoms with Gasteiger partial charge in [-0.05, 0) is 87.1 Å². The lowest BCUT2D eigenvalue weighted by molar-refractivity contribution is -0.144. The number of alkyl carbamates (subject to hydrolysis) is 1. The molecule has 0 unspecified atom stereocenters. The van der Waals surface area contributed by atoms with Crippen molar-refractivity contribution in [3.05, 3.63) is 60.2 Å². The molecule has 1 N–H and O–H groups in total. The van der Waals surface area contributed by atoms with E-state index in [0.29, 0.717) is 18.4 Å². The van der Waals surface area contributed by atoms with E-state index in [-0.39, 0.29) is 47.8 Å². The van der Waals surface area contributed by atoms with Crippen LogP contribution in [0.15, 0.2) is 48.7 Å². The molecule has 3 fully saturated rings. The van der Waals surface area contributed by atoms with Gasteiger partial charge in [-0.1, -0.05) is 24.3 Å². The predicted molar refractivity (Wildman–Crippen MR) is 134 cm³/mol. The molecule has 2 aliphatic carbocycles. The van der Waals surface area contributed by atoms with Gasteiger partial charge in [-0.3, -0.25) is 9.78 Å². The van der Waals surface area contributed by atoms with Crippen LogP contribution in [0.3, 0.4) is 0 Å². The van der Waals surface area contributed by atoms with Crippen molar-refractivity contribution in [2.75, 3.05) is 6.61 Å². The highest BCUT2D eigenvalue weighted by molar-refractivity contribution is 5.75. The van der Waals surface area contributed by atoms with Crippen LogP contribution >= 0.6 is 0 Å². The fourth-order valence-corrected chi connectivity index (χ4v) is 6.64. The number of nitrogens with one attached hydrogen (secondary N) is 1. The van der Waals surface area contributed by atoms with E-state index in [0.717, 1.165) is 42.5 Å². The van der Waals surface area contributed by atoms with Gasteiger partial charge < -0.3 is 14.8 Å². The van der Waals surface area contributed by atoms with Crippen molar-refractivity contribution in [3.63, 3.8) is 0 Å². The molecule has 1 aliphatic heterocycles. The first-order valence-corrected chi connectivity index (χ1v) is 13.0. The number of halogens is 1. The van der Waals surface area contributed by atoms with Crippen LogP contribution in [0.5, 0.6) is 0 Å². The number of ether oxygens (including phenoxy) is 2. The van der Waals surface area contributed by atoms with E-state index in [1.54, 1.807) is 19.2 Å². The lowest BCUT2D eigenvalue weighted by atomic mass is 9.57. The normalized spacial score (nSPS) is 31.4. The third-order valence-corrected chi connectivity index (χ3v) is 8.18. The van der Waals surface area contributed by atoms with E-state index in [1.807, 2.05) is 31.2 Å². The van der Waals surface area contributed by atoms with Gasteiger partial charge >= 0.3 is 12.1 Å². The minimum atomic E-state index is -0.368. The summed E-state index contributed by atoms with van der Waals surface area (Å²) in [6.07, 6.45) is 9.07. The Labute approximate surface area is 211 Å². The van der Waals surface area contributed by atoms with Crippen molar-refractivity contribution in [2.24, 2.45) is 29.6 Å². The number of aromatic nitrogens is 1. The zero-order chi connectivity index (χ0) is 25.2. The monoisotopic (exact) mass is 492 g/mol. The van der Waals surface area contributed by atoms with Gasteiger partial charge in [0.15, 0.2) is 0 Å². The van der Waals surface area contributed by atoms with Gasteiger partial charge in [0.05, 0.1) is 18.2 Å². The Bertz CT molecular complexity index is 1130. The molecule has 1 aromatic carbocycles. The largest absolute Gasteiger partial charge is 0.462 e. The van der Waals surface area contributed by atoms with Crippen molar-refractivity contribution in [3.8, 4) is 11.1 Å². The molecule has 6 nitrogen and oxygen atoms in total. The number of fused-ring (bicyclic) bond motifs is 2. The number of amides is 1. The molecule has 1 amide bonds. The van der Waals surface area contributed by atoms with E-state index < -0.39 is 0 Å². The molecule has 2 aromatic rings. The van der Waals surface area contributed by atoms with Crippen molar-refractivity contribution < 1.29 is 23.5 Å². The number of esters is 1. The molecule has 2 heterocycles. The van der Waals surface area contributed by atoms with E-state index in [9.17, 15) is 14.0 Å². The average molecular weight is 493 g/mol. The van der Waals surface area contributed by atoms with E-state index in [2.05, 4.69) is 16.4 Å². The number of allylic oxidation sites excluding steroid dienone is 1. The molecule has 7 heteroatoms. The number of carbonyl (C=O) groups excluding carboxylic acids is 2. The summed E-state index contributed by atoms with van der Waals surface area (Å²) in [5.41, 5.74) is 2.48. The molecule has 5 rings (SSSR count). The van der Waals surface area contributed by atoms with Crippen LogP contribution in [0.2, 0.25) is 0 Å². The topological polar surface area (TPSA) is 77.5 Å². The number of pyridine rings is 1. The van der Waals surface area contributed by atoms with Crippen LogP contribution in [0.4, 0.5) is 9.18 Å². The second-order valence-electron chi connectivity index (χ2n) is 10.3. The second kappa shape index (κ2) is 10.4. The summed E-state index contributed by atoms with van der Waals surface area (Å²) >= 11 is 0. The highest BCUT2D eigenvalue weighted by Gasteiger charge is 2.54. The molecular weight excluding hydrogens is 459 g/mol. The highest BCUT2D eigenvalue weighted by Crippen LogP contribution is 2.53. The van der Waals surface area contributed by atoms with Crippen LogP contribution < -0.4 is 5.32 Å². The van der Waals surface area contributed by atoms with Crippen molar-refractivity contribution >= 4 is 18.1 Å². The molecule has 7 atom stereocenters. The van der Waals surface area contributed by atoms with Gasteiger partial charge in [-0.25, -0.2) is 9.18 Å². The summed E-state index contributed by atoms with van der Waals surface area (Å²) in [6.45, 7) is 4.15. The number of nitrogens with zero attached hydrogens (tertiary/aromatic N) is 1. The Morgan fingerprint density at radius 1 is 1.22 bits per heavy atom. The van der Waals surface area contributed by atoms with Crippen molar-refractivity contribution in [1.82, 2.24) is 10.3 Å². The Kier molecular flexibility index (Phi) is 7.08. The summed E-state index contributed by atoms with van der Waals surface area (Å²) in [5, 5.41) is 3.00. The molecule has 0 bridgehead atoms. The van der Waals surface area contributed by atoms with Gasteiger partial charge in [0.25, 0.3) is 0 Å². The number of benzene rings is 1. The first-order chi connectivity index (χ1) is 17.4. The number of rotatable bonds is 5. The standard InChI is InChI=1S/C29H33FN2O4/c1-3-35-29(34)32-23-10-11-24-20(14-23)15-26-27(17(2)36-28(26)33)25(24)12-9-22-8-7-19(16-31-22)18-5-4-6-21(30)13-18/h4-9,12-13,16-17,20,23-27H,3,10-11,14-15H2,1-2H3,(H,32,34)/b12-9+/t17-,20+,23-,24+,25-,26+,27-/m1/s1. The van der Waals surface area contributed by atoms with Crippen LogP contribution in [-0.4, -0.2) is 35.8 Å². The zero-order valence-corrected chi connectivity index (χ0v) is 20.7. The van der Waals surface area contributed by atoms with Crippen LogP contribution in [0.1, 0.15) is 45.2 Å². The molecule has 190 valence electrons. The van der Waals surface area contributed by atoms with Crippen LogP contribution in [0.25, 0.3) is 17.2 Å². The molecule has 0 spiro atoms. The number of carbonyl (C=O) groups is 2. The maximum Gasteiger partial charge on any atom is 0.407 e. The molecule has 1 saturated heterocycles. The first-order valence-electron chi connectivity index (χ1n) is 13.0. The molecule has 3 aliphatic rings. The lowest BCUT2D eigenvalue weighted by Crippen LogP contribution is -2.48. The van der Waals surface area contributed by atoms with Crippen LogP contribution in [-0.2, 0) is 14.3 Å². The van der Waals surface area contributed by atoms with Gasteiger partial charge in [0, 0.05) is 23.7 Å². The average Bonchev–Trinajstić information content (AvgIpc) is 3.15. The van der Waals surface area contributed by atoms with Gasteiger partial charge in [0.2, 0.25) is 0 Å². The van der Waals surface area contributed by atoms with Gasteiger partial charge in [-0.15, -0.1) is 0 Å². The number of hydrogen-bond donors (Lipinski definition) is 1. The van der Waals surface area contributed by atoms with Crippen LogP contribution in [0, 0.1) is 35.4 Å². The smallest absolute Gasteiger partial charge is 0.407 e.